The maximum Gasteiger partial charge on any atom is 0.252 e. The molecule has 0 saturated carbocycles. The van der Waals surface area contributed by atoms with Gasteiger partial charge in [-0.15, -0.1) is 0 Å². The molecule has 0 aliphatic heterocycles. The van der Waals surface area contributed by atoms with Gasteiger partial charge in [-0.1, -0.05) is 42.0 Å². The number of nitriles is 1. The number of imidazole rings is 1. The highest BCUT2D eigenvalue weighted by atomic mass is 16.1. The zero-order chi connectivity index (χ0) is 21.1. The van der Waals surface area contributed by atoms with Crippen molar-refractivity contribution >= 4 is 11.6 Å². The second-order valence-corrected chi connectivity index (χ2v) is 7.05. The van der Waals surface area contributed by atoms with E-state index in [4.69, 9.17) is 16.0 Å². The molecular weight excluding hydrogens is 374 g/mol. The topological polar surface area (TPSA) is 96.2 Å². The minimum absolute atomic E-state index is 0.182. The van der Waals surface area contributed by atoms with Gasteiger partial charge in [-0.3, -0.25) is 9.20 Å². The molecule has 0 spiro atoms. The average Bonchev–Trinajstić information content (AvgIpc) is 3.16. The maximum atomic E-state index is 12.5. The average molecular weight is 395 g/mol. The van der Waals surface area contributed by atoms with Crippen LogP contribution in [0.4, 0.5) is 0 Å². The van der Waals surface area contributed by atoms with E-state index in [0.717, 1.165) is 28.2 Å². The van der Waals surface area contributed by atoms with Crippen LogP contribution in [0, 0.1) is 18.3 Å². The van der Waals surface area contributed by atoms with Gasteiger partial charge < -0.3 is 11.1 Å². The second-order valence-electron chi connectivity index (χ2n) is 7.05. The molecule has 6 heteroatoms. The lowest BCUT2D eigenvalue weighted by atomic mass is 10.0. The van der Waals surface area contributed by atoms with E-state index in [0.29, 0.717) is 24.2 Å². The predicted octanol–water partition coefficient (Wildman–Crippen LogP) is 3.54. The highest BCUT2D eigenvalue weighted by Crippen LogP contribution is 2.33. The van der Waals surface area contributed by atoms with Gasteiger partial charge in [-0.05, 0) is 31.2 Å². The number of aromatic nitrogens is 2. The van der Waals surface area contributed by atoms with Crippen LogP contribution in [0.2, 0.25) is 0 Å². The Labute approximate surface area is 174 Å². The number of benzene rings is 2. The molecule has 4 aromatic rings. The number of nitrogens with two attached hydrogens (primary N) is 1. The van der Waals surface area contributed by atoms with Crippen LogP contribution in [-0.2, 0) is 0 Å². The number of rotatable bonds is 5. The summed E-state index contributed by atoms with van der Waals surface area (Å²) in [5.41, 5.74) is 12.1. The van der Waals surface area contributed by atoms with E-state index in [1.54, 1.807) is 24.4 Å². The molecule has 0 fully saturated rings. The van der Waals surface area contributed by atoms with Crippen molar-refractivity contribution in [3.8, 4) is 28.6 Å². The van der Waals surface area contributed by atoms with Crippen molar-refractivity contribution in [3.63, 3.8) is 0 Å². The maximum absolute atomic E-state index is 12.5. The Hall–Kier alpha value is -3.95. The summed E-state index contributed by atoms with van der Waals surface area (Å²) in [6, 6.07) is 21.3. The highest BCUT2D eigenvalue weighted by molar-refractivity contribution is 5.94. The Balaban J connectivity index is 1.92. The largest absolute Gasteiger partial charge is 0.351 e. The third-order valence-electron chi connectivity index (χ3n) is 4.92. The van der Waals surface area contributed by atoms with Gasteiger partial charge in [0, 0.05) is 30.4 Å². The summed E-state index contributed by atoms with van der Waals surface area (Å²) in [6.45, 7) is 2.84. The van der Waals surface area contributed by atoms with Crippen LogP contribution in [0.1, 0.15) is 21.5 Å². The van der Waals surface area contributed by atoms with E-state index < -0.39 is 0 Å². The smallest absolute Gasteiger partial charge is 0.252 e. The van der Waals surface area contributed by atoms with Crippen molar-refractivity contribution in [2.45, 2.75) is 6.92 Å². The summed E-state index contributed by atoms with van der Waals surface area (Å²) in [4.78, 5) is 17.3. The number of pyridine rings is 1. The Bertz CT molecular complexity index is 1250. The summed E-state index contributed by atoms with van der Waals surface area (Å²) in [7, 11) is 0. The van der Waals surface area contributed by atoms with Crippen molar-refractivity contribution in [2.24, 2.45) is 5.73 Å². The molecule has 2 heterocycles. The fourth-order valence-corrected chi connectivity index (χ4v) is 3.36. The Kier molecular flexibility index (Phi) is 5.29. The lowest BCUT2D eigenvalue weighted by molar-refractivity contribution is 0.0954. The first-order valence-corrected chi connectivity index (χ1v) is 9.68. The summed E-state index contributed by atoms with van der Waals surface area (Å²) >= 11 is 0. The number of aryl methyl sites for hydroxylation is 1. The van der Waals surface area contributed by atoms with E-state index >= 15 is 0 Å². The molecule has 0 atom stereocenters. The first-order chi connectivity index (χ1) is 14.6. The molecule has 0 saturated heterocycles. The third-order valence-corrected chi connectivity index (χ3v) is 4.92. The number of hydrogen-bond acceptors (Lipinski definition) is 4. The van der Waals surface area contributed by atoms with Crippen LogP contribution >= 0.6 is 0 Å². The predicted molar refractivity (Wildman–Crippen MR) is 117 cm³/mol. The number of carbonyl (C=O) groups excluding carboxylic acids is 1. The molecule has 4 rings (SSSR count). The second kappa shape index (κ2) is 8.19. The van der Waals surface area contributed by atoms with Crippen molar-refractivity contribution in [1.29, 1.82) is 5.26 Å². The van der Waals surface area contributed by atoms with Gasteiger partial charge >= 0.3 is 0 Å². The molecule has 0 bridgehead atoms. The van der Waals surface area contributed by atoms with Gasteiger partial charge in [0.25, 0.3) is 5.91 Å². The van der Waals surface area contributed by atoms with E-state index in [2.05, 4.69) is 11.4 Å². The van der Waals surface area contributed by atoms with Crippen LogP contribution in [0.3, 0.4) is 0 Å². The van der Waals surface area contributed by atoms with Crippen molar-refractivity contribution in [1.82, 2.24) is 14.7 Å². The quantitative estimate of drug-likeness (QED) is 0.540. The summed E-state index contributed by atoms with van der Waals surface area (Å²) < 4.78 is 1.92. The molecule has 0 aliphatic carbocycles. The SMILES string of the molecule is Cc1ccc(-c2nc3ccc(C(=O)NCCN)cn3c2-c2ccc(C#N)cc2)cc1. The van der Waals surface area contributed by atoms with Crippen LogP contribution < -0.4 is 11.1 Å². The van der Waals surface area contributed by atoms with E-state index in [1.807, 2.05) is 53.8 Å². The lowest BCUT2D eigenvalue weighted by Gasteiger charge is -2.08. The molecule has 1 amide bonds. The molecule has 148 valence electrons. The van der Waals surface area contributed by atoms with Crippen molar-refractivity contribution in [2.75, 3.05) is 13.1 Å². The molecule has 2 aromatic carbocycles. The standard InChI is InChI=1S/C24H21N5O/c1-16-2-6-18(7-3-16)22-23(19-8-4-17(14-26)5-9-19)29-15-20(10-11-21(29)28-22)24(30)27-13-12-25/h2-11,15H,12-13,25H2,1H3,(H,27,30). The molecule has 2 aromatic heterocycles. The minimum atomic E-state index is -0.182. The number of nitrogens with zero attached hydrogens (tertiary/aromatic N) is 3. The van der Waals surface area contributed by atoms with Crippen molar-refractivity contribution < 1.29 is 4.79 Å². The molecule has 0 radical (unpaired) electrons. The fourth-order valence-electron chi connectivity index (χ4n) is 3.36. The fraction of sp³-hybridized carbons (Fsp3) is 0.125. The van der Waals surface area contributed by atoms with Gasteiger partial charge in [-0.2, -0.15) is 5.26 Å². The van der Waals surface area contributed by atoms with Gasteiger partial charge in [0.15, 0.2) is 0 Å². The van der Waals surface area contributed by atoms with Crippen LogP contribution in [0.15, 0.2) is 66.9 Å². The lowest BCUT2D eigenvalue weighted by Crippen LogP contribution is -2.29. The molecule has 6 nitrogen and oxygen atoms in total. The Morgan fingerprint density at radius 3 is 2.43 bits per heavy atom. The molecule has 30 heavy (non-hydrogen) atoms. The number of carbonyl (C=O) groups is 1. The molecular formula is C24H21N5O. The van der Waals surface area contributed by atoms with Crippen LogP contribution in [0.25, 0.3) is 28.2 Å². The first-order valence-electron chi connectivity index (χ1n) is 9.68. The Morgan fingerprint density at radius 2 is 1.77 bits per heavy atom. The Morgan fingerprint density at radius 1 is 1.07 bits per heavy atom. The highest BCUT2D eigenvalue weighted by Gasteiger charge is 2.17. The number of hydrogen-bond donors (Lipinski definition) is 2. The number of fused-ring (bicyclic) bond motifs is 1. The minimum Gasteiger partial charge on any atom is -0.351 e. The van der Waals surface area contributed by atoms with Crippen molar-refractivity contribution in [3.05, 3.63) is 83.6 Å². The molecule has 0 aliphatic rings. The van der Waals surface area contributed by atoms with E-state index in [1.165, 1.54) is 5.56 Å². The third kappa shape index (κ3) is 3.66. The zero-order valence-corrected chi connectivity index (χ0v) is 16.6. The van der Waals surface area contributed by atoms with Gasteiger partial charge in [-0.25, -0.2) is 4.98 Å². The summed E-state index contributed by atoms with van der Waals surface area (Å²) in [5, 5.41) is 11.9. The molecule has 3 N–H and O–H groups in total. The molecule has 0 unspecified atom stereocenters. The van der Waals surface area contributed by atoms with Gasteiger partial charge in [0.05, 0.1) is 28.6 Å². The van der Waals surface area contributed by atoms with Gasteiger partial charge in [0.1, 0.15) is 5.65 Å². The summed E-state index contributed by atoms with van der Waals surface area (Å²) in [6.07, 6.45) is 1.79. The zero-order valence-electron chi connectivity index (χ0n) is 16.6. The normalized spacial score (nSPS) is 10.7. The van der Waals surface area contributed by atoms with Crippen LogP contribution in [0.5, 0.6) is 0 Å². The van der Waals surface area contributed by atoms with E-state index in [-0.39, 0.29) is 5.91 Å². The van der Waals surface area contributed by atoms with Gasteiger partial charge in [0.2, 0.25) is 0 Å². The number of amides is 1. The first kappa shape index (κ1) is 19.4. The van der Waals surface area contributed by atoms with Crippen LogP contribution in [-0.4, -0.2) is 28.4 Å². The van der Waals surface area contributed by atoms with E-state index in [9.17, 15) is 4.79 Å². The monoisotopic (exact) mass is 395 g/mol. The number of nitrogens with one attached hydrogen (secondary N) is 1. The summed E-state index contributed by atoms with van der Waals surface area (Å²) in [5.74, 6) is -0.182.